The van der Waals surface area contributed by atoms with Gasteiger partial charge in [-0.15, -0.1) is 0 Å². The summed E-state index contributed by atoms with van der Waals surface area (Å²) in [6.07, 6.45) is 0.735. The van der Waals surface area contributed by atoms with Crippen LogP contribution in [-0.4, -0.2) is 51.2 Å². The van der Waals surface area contributed by atoms with E-state index in [1.165, 1.54) is 0 Å². The topological polar surface area (TPSA) is 58.6 Å². The molecule has 0 aromatic heterocycles. The first-order chi connectivity index (χ1) is 11.3. The average molecular weight is 360 g/mol. The van der Waals surface area contributed by atoms with Gasteiger partial charge in [-0.05, 0) is 30.5 Å². The number of halogens is 2. The lowest BCUT2D eigenvalue weighted by molar-refractivity contribution is -0.0683. The SMILES string of the molecule is CC(C)[C@H]1CN2C[C@@H](NS(=O)(=O)c3cc(F)ccc3F)C[C@H]2CO1. The van der Waals surface area contributed by atoms with Crippen LogP contribution in [-0.2, 0) is 14.8 Å². The van der Waals surface area contributed by atoms with Gasteiger partial charge >= 0.3 is 0 Å². The van der Waals surface area contributed by atoms with Gasteiger partial charge in [-0.25, -0.2) is 21.9 Å². The van der Waals surface area contributed by atoms with Crippen molar-refractivity contribution in [2.45, 2.75) is 43.4 Å². The van der Waals surface area contributed by atoms with Crippen molar-refractivity contribution in [1.82, 2.24) is 9.62 Å². The van der Waals surface area contributed by atoms with Gasteiger partial charge < -0.3 is 4.74 Å². The predicted octanol–water partition coefficient (Wildman–Crippen LogP) is 1.74. The number of nitrogens with one attached hydrogen (secondary N) is 1. The normalized spacial score (nSPS) is 28.3. The Morgan fingerprint density at radius 1 is 1.29 bits per heavy atom. The molecule has 0 unspecified atom stereocenters. The smallest absolute Gasteiger partial charge is 0.243 e. The Balaban J connectivity index is 1.70. The second-order valence-corrected chi connectivity index (χ2v) is 8.53. The van der Waals surface area contributed by atoms with Gasteiger partial charge in [0, 0.05) is 25.2 Å². The van der Waals surface area contributed by atoms with E-state index in [0.717, 1.165) is 18.7 Å². The third kappa shape index (κ3) is 3.61. The summed E-state index contributed by atoms with van der Waals surface area (Å²) in [5.74, 6) is -1.35. The number of hydrogen-bond donors (Lipinski definition) is 1. The lowest BCUT2D eigenvalue weighted by Gasteiger charge is -2.36. The zero-order valence-corrected chi connectivity index (χ0v) is 14.5. The van der Waals surface area contributed by atoms with Crippen molar-refractivity contribution in [2.24, 2.45) is 5.92 Å². The molecule has 0 saturated carbocycles. The first kappa shape index (κ1) is 17.7. The maximum absolute atomic E-state index is 13.8. The Morgan fingerprint density at radius 2 is 2.04 bits per heavy atom. The molecular weight excluding hydrogens is 338 g/mol. The van der Waals surface area contributed by atoms with Crippen molar-refractivity contribution in [2.75, 3.05) is 19.7 Å². The van der Waals surface area contributed by atoms with Crippen LogP contribution >= 0.6 is 0 Å². The van der Waals surface area contributed by atoms with Crippen molar-refractivity contribution >= 4 is 10.0 Å². The van der Waals surface area contributed by atoms with E-state index in [-0.39, 0.29) is 18.2 Å². The third-order valence-electron chi connectivity index (χ3n) is 4.69. The molecule has 2 aliphatic rings. The lowest BCUT2D eigenvalue weighted by Crippen LogP contribution is -2.48. The van der Waals surface area contributed by atoms with E-state index >= 15 is 0 Å². The van der Waals surface area contributed by atoms with Gasteiger partial charge in [0.1, 0.15) is 16.5 Å². The lowest BCUT2D eigenvalue weighted by atomic mass is 10.0. The van der Waals surface area contributed by atoms with Crippen molar-refractivity contribution in [3.8, 4) is 0 Å². The highest BCUT2D eigenvalue weighted by molar-refractivity contribution is 7.89. The Morgan fingerprint density at radius 3 is 2.75 bits per heavy atom. The molecule has 134 valence electrons. The summed E-state index contributed by atoms with van der Waals surface area (Å²) in [6, 6.07) is 2.25. The number of hydrogen-bond acceptors (Lipinski definition) is 4. The van der Waals surface area contributed by atoms with Crippen molar-refractivity contribution in [3.05, 3.63) is 29.8 Å². The fraction of sp³-hybridized carbons (Fsp3) is 0.625. The highest BCUT2D eigenvalue weighted by Gasteiger charge is 2.39. The van der Waals surface area contributed by atoms with Crippen molar-refractivity contribution < 1.29 is 21.9 Å². The van der Waals surface area contributed by atoms with Gasteiger partial charge in [-0.2, -0.15) is 0 Å². The quantitative estimate of drug-likeness (QED) is 0.889. The van der Waals surface area contributed by atoms with E-state index < -0.39 is 26.6 Å². The molecule has 0 amide bonds. The monoisotopic (exact) mass is 360 g/mol. The molecule has 0 spiro atoms. The van der Waals surface area contributed by atoms with E-state index in [0.29, 0.717) is 31.6 Å². The Bertz CT molecular complexity index is 711. The van der Waals surface area contributed by atoms with Crippen LogP contribution in [0, 0.1) is 17.6 Å². The molecule has 1 aromatic rings. The molecular formula is C16H22F2N2O3S. The maximum Gasteiger partial charge on any atom is 0.243 e. The molecule has 0 aliphatic carbocycles. The summed E-state index contributed by atoms with van der Waals surface area (Å²) >= 11 is 0. The Hall–Kier alpha value is -1.09. The number of nitrogens with zero attached hydrogens (tertiary/aromatic N) is 1. The molecule has 2 heterocycles. The number of fused-ring (bicyclic) bond motifs is 1. The predicted molar refractivity (Wildman–Crippen MR) is 85.0 cm³/mol. The fourth-order valence-electron chi connectivity index (χ4n) is 3.35. The minimum absolute atomic E-state index is 0.136. The summed E-state index contributed by atoms with van der Waals surface area (Å²) in [6.45, 7) is 6.06. The van der Waals surface area contributed by atoms with E-state index in [2.05, 4.69) is 23.5 Å². The maximum atomic E-state index is 13.8. The van der Waals surface area contributed by atoms with E-state index in [9.17, 15) is 17.2 Å². The molecule has 8 heteroatoms. The summed E-state index contributed by atoms with van der Waals surface area (Å²) in [4.78, 5) is 1.56. The molecule has 2 saturated heterocycles. The van der Waals surface area contributed by atoms with Crippen LogP contribution in [0.15, 0.2) is 23.1 Å². The summed E-state index contributed by atoms with van der Waals surface area (Å²) in [7, 11) is -4.10. The Kier molecular flexibility index (Phi) is 4.92. The minimum atomic E-state index is -4.10. The molecule has 1 N–H and O–H groups in total. The van der Waals surface area contributed by atoms with Gasteiger partial charge in [-0.3, -0.25) is 4.90 Å². The fourth-order valence-corrected chi connectivity index (χ4v) is 4.68. The molecule has 3 atom stereocenters. The van der Waals surface area contributed by atoms with Gasteiger partial charge in [0.15, 0.2) is 0 Å². The van der Waals surface area contributed by atoms with Crippen molar-refractivity contribution in [3.63, 3.8) is 0 Å². The molecule has 0 bridgehead atoms. The van der Waals surface area contributed by atoms with Gasteiger partial charge in [-0.1, -0.05) is 13.8 Å². The van der Waals surface area contributed by atoms with E-state index in [1.807, 2.05) is 0 Å². The largest absolute Gasteiger partial charge is 0.375 e. The third-order valence-corrected chi connectivity index (χ3v) is 6.23. The summed E-state index contributed by atoms with van der Waals surface area (Å²) in [5.41, 5.74) is 0. The first-order valence-corrected chi connectivity index (χ1v) is 9.57. The van der Waals surface area contributed by atoms with Crippen LogP contribution in [0.3, 0.4) is 0 Å². The van der Waals surface area contributed by atoms with Crippen LogP contribution in [0.2, 0.25) is 0 Å². The number of sulfonamides is 1. The van der Waals surface area contributed by atoms with Crippen LogP contribution in [0.1, 0.15) is 20.3 Å². The van der Waals surface area contributed by atoms with Crippen molar-refractivity contribution in [1.29, 1.82) is 0 Å². The molecule has 0 radical (unpaired) electrons. The molecule has 2 aliphatic heterocycles. The van der Waals surface area contributed by atoms with E-state index in [4.69, 9.17) is 4.74 Å². The highest BCUT2D eigenvalue weighted by atomic mass is 32.2. The van der Waals surface area contributed by atoms with Gasteiger partial charge in [0.25, 0.3) is 0 Å². The summed E-state index contributed by atoms with van der Waals surface area (Å²) in [5, 5.41) is 0. The van der Waals surface area contributed by atoms with Crippen LogP contribution in [0.5, 0.6) is 0 Å². The number of rotatable bonds is 4. The van der Waals surface area contributed by atoms with E-state index in [1.54, 1.807) is 0 Å². The standard InChI is InChI=1S/C16H22F2N2O3S/c1-10(2)15-8-20-7-12(6-13(20)9-23-15)19-24(21,22)16-5-11(17)3-4-14(16)18/h3-5,10,12-13,15,19H,6-9H2,1-2H3/t12-,13-,15+/m0/s1. The minimum Gasteiger partial charge on any atom is -0.375 e. The second-order valence-electron chi connectivity index (χ2n) is 6.85. The van der Waals surface area contributed by atoms with Crippen LogP contribution in [0.25, 0.3) is 0 Å². The van der Waals surface area contributed by atoms with Gasteiger partial charge in [0.05, 0.1) is 12.7 Å². The highest BCUT2D eigenvalue weighted by Crippen LogP contribution is 2.27. The van der Waals surface area contributed by atoms with Crippen LogP contribution < -0.4 is 4.72 Å². The number of ether oxygens (including phenoxy) is 1. The number of morpholine rings is 1. The molecule has 24 heavy (non-hydrogen) atoms. The molecule has 3 rings (SSSR count). The zero-order valence-electron chi connectivity index (χ0n) is 13.7. The molecule has 2 fully saturated rings. The second kappa shape index (κ2) is 6.67. The average Bonchev–Trinajstić information content (AvgIpc) is 2.89. The summed E-state index contributed by atoms with van der Waals surface area (Å²) < 4.78 is 60.1. The van der Waals surface area contributed by atoms with Gasteiger partial charge in [0.2, 0.25) is 10.0 Å². The first-order valence-electron chi connectivity index (χ1n) is 8.09. The molecule has 5 nitrogen and oxygen atoms in total. The zero-order chi connectivity index (χ0) is 17.5. The van der Waals surface area contributed by atoms with Crippen LogP contribution in [0.4, 0.5) is 8.78 Å². The molecule has 1 aromatic carbocycles. The number of benzene rings is 1. The Labute approximate surface area is 141 Å².